The summed E-state index contributed by atoms with van der Waals surface area (Å²) in [4.78, 5) is 0. The predicted octanol–water partition coefficient (Wildman–Crippen LogP) is 5.66. The quantitative estimate of drug-likeness (QED) is 0.334. The van der Waals surface area contributed by atoms with Gasteiger partial charge in [0, 0.05) is 5.39 Å². The first-order chi connectivity index (χ1) is 17.6. The fraction of sp³-hybridized carbons (Fsp3) is 0.516. The van der Waals surface area contributed by atoms with Crippen LogP contribution >= 0.6 is 0 Å². The maximum absolute atomic E-state index is 10.5. The van der Waals surface area contributed by atoms with Crippen LogP contribution in [-0.4, -0.2) is 36.6 Å². The third kappa shape index (κ3) is 4.27. The highest BCUT2D eigenvalue weighted by Crippen LogP contribution is 2.39. The Morgan fingerprint density at radius 1 is 0.658 bits per heavy atom. The van der Waals surface area contributed by atoms with Gasteiger partial charge >= 0.3 is 14.2 Å². The molecule has 2 fully saturated rings. The number of fused-ring (bicyclic) bond motifs is 3. The molecule has 5 nitrogen and oxygen atoms in total. The number of hydrogen-bond acceptors (Lipinski definition) is 5. The molecule has 0 atom stereocenters. The smallest absolute Gasteiger partial charge is 0.399 e. The van der Waals surface area contributed by atoms with Gasteiger partial charge in [-0.2, -0.15) is 5.26 Å². The van der Waals surface area contributed by atoms with Crippen LogP contribution in [0.5, 0.6) is 0 Å². The molecule has 2 aliphatic rings. The van der Waals surface area contributed by atoms with Crippen molar-refractivity contribution >= 4 is 46.7 Å². The first-order valence-electron chi connectivity index (χ1n) is 13.7. The van der Waals surface area contributed by atoms with Crippen molar-refractivity contribution in [3.8, 4) is 6.07 Å². The van der Waals surface area contributed by atoms with E-state index in [4.69, 9.17) is 18.6 Å². The molecule has 3 aromatic carbocycles. The van der Waals surface area contributed by atoms with E-state index in [-0.39, 0.29) is 0 Å². The molecule has 198 valence electrons. The van der Waals surface area contributed by atoms with E-state index >= 15 is 0 Å². The van der Waals surface area contributed by atoms with Crippen molar-refractivity contribution in [1.29, 1.82) is 5.26 Å². The first kappa shape index (κ1) is 27.2. The second kappa shape index (κ2) is 8.83. The maximum atomic E-state index is 10.5. The van der Waals surface area contributed by atoms with Crippen LogP contribution in [0.4, 0.5) is 0 Å². The lowest BCUT2D eigenvalue weighted by Gasteiger charge is -2.32. The predicted molar refractivity (Wildman–Crippen MR) is 156 cm³/mol. The van der Waals surface area contributed by atoms with Gasteiger partial charge in [0.25, 0.3) is 0 Å². The van der Waals surface area contributed by atoms with E-state index in [0.29, 0.717) is 11.5 Å². The number of rotatable bonds is 4. The summed E-state index contributed by atoms with van der Waals surface area (Å²) < 4.78 is 25.4. The van der Waals surface area contributed by atoms with Gasteiger partial charge in [0.15, 0.2) is 0 Å². The fourth-order valence-corrected chi connectivity index (χ4v) is 5.35. The van der Waals surface area contributed by atoms with Crippen LogP contribution in [0.1, 0.15) is 80.4 Å². The van der Waals surface area contributed by atoms with E-state index in [9.17, 15) is 5.26 Å². The normalized spacial score (nSPS) is 21.5. The van der Waals surface area contributed by atoms with Gasteiger partial charge < -0.3 is 18.6 Å². The van der Waals surface area contributed by atoms with Gasteiger partial charge in [-0.3, -0.25) is 0 Å². The molecule has 0 amide bonds. The maximum Gasteiger partial charge on any atom is 0.494 e. The zero-order valence-corrected chi connectivity index (χ0v) is 24.5. The van der Waals surface area contributed by atoms with Crippen molar-refractivity contribution in [3.05, 3.63) is 47.5 Å². The van der Waals surface area contributed by atoms with Crippen molar-refractivity contribution in [3.63, 3.8) is 0 Å². The van der Waals surface area contributed by atoms with Crippen molar-refractivity contribution in [1.82, 2.24) is 0 Å². The summed E-state index contributed by atoms with van der Waals surface area (Å²) in [5.74, 6) is 0.384. The van der Waals surface area contributed by atoms with Crippen LogP contribution in [0.2, 0.25) is 0 Å². The molecule has 2 saturated heterocycles. The molecule has 0 aromatic heterocycles. The Balaban J connectivity index is 1.68. The molecular formula is C31H39B2NO4. The Kier molecular flexibility index (Phi) is 6.32. The highest BCUT2D eigenvalue weighted by Gasteiger charge is 2.52. The summed E-state index contributed by atoms with van der Waals surface area (Å²) in [7, 11) is -0.936. The molecule has 0 aliphatic carbocycles. The lowest BCUT2D eigenvalue weighted by Crippen LogP contribution is -2.41. The number of hydrogen-bond donors (Lipinski definition) is 0. The van der Waals surface area contributed by atoms with E-state index in [2.05, 4.69) is 112 Å². The molecule has 0 saturated carbocycles. The Hall–Kier alpha value is -2.36. The molecule has 38 heavy (non-hydrogen) atoms. The highest BCUT2D eigenvalue weighted by atomic mass is 16.7. The molecule has 0 radical (unpaired) electrons. The third-order valence-corrected chi connectivity index (χ3v) is 9.05. The van der Waals surface area contributed by atoms with Gasteiger partial charge in [-0.15, -0.1) is 0 Å². The van der Waals surface area contributed by atoms with Gasteiger partial charge in [-0.25, -0.2) is 0 Å². The van der Waals surface area contributed by atoms with Crippen molar-refractivity contribution < 1.29 is 18.6 Å². The molecule has 2 heterocycles. The van der Waals surface area contributed by atoms with Crippen molar-refractivity contribution in [2.45, 2.75) is 98.1 Å². The Bertz CT molecular complexity index is 1440. The van der Waals surface area contributed by atoms with Gasteiger partial charge in [0.1, 0.15) is 6.07 Å². The molecule has 0 unspecified atom stereocenters. The number of benzene rings is 3. The highest BCUT2D eigenvalue weighted by molar-refractivity contribution is 6.63. The molecule has 3 aromatic rings. The largest absolute Gasteiger partial charge is 0.494 e. The molecule has 2 aliphatic heterocycles. The SMILES string of the molecule is CC(C)Cc1c(C#N)c2cc(B3OC(C)(C)C(C)(C)O3)ccc2c2ccc(B3OC(C)(C)C(C)(C)O3)cc12. The monoisotopic (exact) mass is 511 g/mol. The third-order valence-electron chi connectivity index (χ3n) is 9.05. The fourth-order valence-electron chi connectivity index (χ4n) is 5.35. The van der Waals surface area contributed by atoms with Crippen LogP contribution in [0.3, 0.4) is 0 Å². The number of nitrogens with zero attached hydrogens (tertiary/aromatic N) is 1. The zero-order chi connectivity index (χ0) is 27.8. The van der Waals surface area contributed by atoms with Crippen LogP contribution in [0, 0.1) is 17.2 Å². The van der Waals surface area contributed by atoms with E-state index in [0.717, 1.165) is 44.5 Å². The van der Waals surface area contributed by atoms with Crippen LogP contribution in [0.25, 0.3) is 21.5 Å². The van der Waals surface area contributed by atoms with Crippen LogP contribution in [-0.2, 0) is 25.0 Å². The lowest BCUT2D eigenvalue weighted by atomic mass is 9.75. The first-order valence-corrected chi connectivity index (χ1v) is 13.7. The van der Waals surface area contributed by atoms with E-state index < -0.39 is 36.6 Å². The minimum atomic E-state index is -0.481. The molecular weight excluding hydrogens is 472 g/mol. The van der Waals surface area contributed by atoms with E-state index in [1.807, 2.05) is 0 Å². The zero-order valence-electron chi connectivity index (χ0n) is 24.5. The van der Waals surface area contributed by atoms with Gasteiger partial charge in [-0.1, -0.05) is 50.2 Å². The lowest BCUT2D eigenvalue weighted by molar-refractivity contribution is 0.00578. The summed E-state index contributed by atoms with van der Waals surface area (Å²) in [6.07, 6.45) is 0.795. The number of nitriles is 1. The average molecular weight is 511 g/mol. The standard InChI is InChI=1S/C31H39B2NO4/c1-19(2)15-24-25-16-20(32-35-28(3,4)29(5,6)36-32)11-13-22(25)23-14-12-21(17-26(23)27(24)18-34)33-37-30(7,8)31(9,10)38-33/h11-14,16-17,19H,15H2,1-10H3. The summed E-state index contributed by atoms with van der Waals surface area (Å²) in [6, 6.07) is 15.2. The van der Waals surface area contributed by atoms with Crippen molar-refractivity contribution in [2.24, 2.45) is 5.92 Å². The summed E-state index contributed by atoms with van der Waals surface area (Å²) in [5.41, 5.74) is 1.98. The molecule has 0 bridgehead atoms. The average Bonchev–Trinajstić information content (AvgIpc) is 3.17. The minimum Gasteiger partial charge on any atom is -0.399 e. The topological polar surface area (TPSA) is 60.7 Å². The molecule has 7 heteroatoms. The molecule has 0 N–H and O–H groups in total. The summed E-state index contributed by atoms with van der Waals surface area (Å²) >= 11 is 0. The Morgan fingerprint density at radius 2 is 1.05 bits per heavy atom. The van der Waals surface area contributed by atoms with Gasteiger partial charge in [0.2, 0.25) is 0 Å². The molecule has 5 rings (SSSR count). The van der Waals surface area contributed by atoms with Crippen molar-refractivity contribution in [2.75, 3.05) is 0 Å². The van der Waals surface area contributed by atoms with Gasteiger partial charge in [0.05, 0.1) is 28.0 Å². The van der Waals surface area contributed by atoms with E-state index in [1.54, 1.807) is 0 Å². The van der Waals surface area contributed by atoms with Crippen LogP contribution < -0.4 is 10.9 Å². The molecule has 0 spiro atoms. The van der Waals surface area contributed by atoms with E-state index in [1.165, 1.54) is 0 Å². The minimum absolute atomic E-state index is 0.384. The second-order valence-corrected chi connectivity index (χ2v) is 13.3. The second-order valence-electron chi connectivity index (χ2n) is 13.3. The Labute approximate surface area is 228 Å². The summed E-state index contributed by atoms with van der Waals surface area (Å²) in [6.45, 7) is 20.9. The Morgan fingerprint density at radius 3 is 1.45 bits per heavy atom. The summed E-state index contributed by atoms with van der Waals surface area (Å²) in [5, 5.41) is 14.7. The van der Waals surface area contributed by atoms with Gasteiger partial charge in [-0.05, 0) is 100 Å². The van der Waals surface area contributed by atoms with Crippen LogP contribution in [0.15, 0.2) is 36.4 Å².